The third kappa shape index (κ3) is 2.30. The zero-order valence-corrected chi connectivity index (χ0v) is 9.03. The molecule has 1 N–H and O–H groups in total. The highest BCUT2D eigenvalue weighted by molar-refractivity contribution is 5.49. The number of nitrogens with zero attached hydrogens (tertiary/aromatic N) is 1. The van der Waals surface area contributed by atoms with E-state index in [1.807, 2.05) is 24.3 Å². The maximum Gasteiger partial charge on any atom is 0.0992 e. The number of hydrogen-bond acceptors (Lipinski definition) is 2. The highest BCUT2D eigenvalue weighted by atomic mass is 14.9. The Morgan fingerprint density at radius 1 is 1.40 bits per heavy atom. The Balaban J connectivity index is 2.07. The summed E-state index contributed by atoms with van der Waals surface area (Å²) in [5.74, 6) is 0.746. The number of nitriles is 1. The first-order chi connectivity index (χ1) is 7.29. The van der Waals surface area contributed by atoms with Crippen molar-refractivity contribution in [1.82, 2.24) is 0 Å². The van der Waals surface area contributed by atoms with Gasteiger partial charge in [-0.25, -0.2) is 0 Å². The molecule has 1 aliphatic carbocycles. The molecular weight excluding hydrogens is 184 g/mol. The lowest BCUT2D eigenvalue weighted by Crippen LogP contribution is -2.21. The van der Waals surface area contributed by atoms with Gasteiger partial charge < -0.3 is 5.32 Å². The summed E-state index contributed by atoms with van der Waals surface area (Å²) >= 11 is 0. The minimum absolute atomic E-state index is 0.582. The van der Waals surface area contributed by atoms with Crippen LogP contribution in [0.4, 0.5) is 5.69 Å². The van der Waals surface area contributed by atoms with Gasteiger partial charge in [0, 0.05) is 11.7 Å². The van der Waals surface area contributed by atoms with Crippen LogP contribution in [0.15, 0.2) is 24.3 Å². The SMILES string of the molecule is CC1CCCC1Nc1cccc(C#N)c1. The Morgan fingerprint density at radius 2 is 2.27 bits per heavy atom. The Bertz CT molecular complexity index is 378. The summed E-state index contributed by atoms with van der Waals surface area (Å²) in [6.07, 6.45) is 3.88. The molecule has 78 valence electrons. The van der Waals surface area contributed by atoms with Crippen molar-refractivity contribution in [3.8, 4) is 6.07 Å². The van der Waals surface area contributed by atoms with E-state index in [4.69, 9.17) is 5.26 Å². The molecule has 0 saturated heterocycles. The fourth-order valence-electron chi connectivity index (χ4n) is 2.25. The van der Waals surface area contributed by atoms with Gasteiger partial charge >= 0.3 is 0 Å². The van der Waals surface area contributed by atoms with Crippen LogP contribution in [0, 0.1) is 17.2 Å². The predicted octanol–water partition coefficient (Wildman–Crippen LogP) is 3.16. The summed E-state index contributed by atoms with van der Waals surface area (Å²) in [7, 11) is 0. The van der Waals surface area contributed by atoms with Crippen LogP contribution in [0.2, 0.25) is 0 Å². The molecule has 0 spiro atoms. The first-order valence-corrected chi connectivity index (χ1v) is 5.56. The van der Waals surface area contributed by atoms with E-state index >= 15 is 0 Å². The molecule has 2 atom stereocenters. The second-order valence-electron chi connectivity index (χ2n) is 4.35. The topological polar surface area (TPSA) is 35.8 Å². The average molecular weight is 200 g/mol. The molecule has 1 aliphatic rings. The Labute approximate surface area is 90.9 Å². The number of rotatable bonds is 2. The van der Waals surface area contributed by atoms with Gasteiger partial charge in [0.1, 0.15) is 0 Å². The van der Waals surface area contributed by atoms with Crippen molar-refractivity contribution in [3.63, 3.8) is 0 Å². The monoisotopic (exact) mass is 200 g/mol. The molecule has 0 aliphatic heterocycles. The first kappa shape index (κ1) is 10.0. The van der Waals surface area contributed by atoms with Crippen LogP contribution in [0.1, 0.15) is 31.7 Å². The van der Waals surface area contributed by atoms with Crippen LogP contribution in [0.25, 0.3) is 0 Å². The normalized spacial score (nSPS) is 24.8. The summed E-state index contributed by atoms with van der Waals surface area (Å²) in [5.41, 5.74) is 1.80. The molecule has 0 amide bonds. The minimum Gasteiger partial charge on any atom is -0.382 e. The van der Waals surface area contributed by atoms with E-state index in [2.05, 4.69) is 18.3 Å². The molecule has 0 bridgehead atoms. The van der Waals surface area contributed by atoms with Gasteiger partial charge in [-0.05, 0) is 37.0 Å². The number of anilines is 1. The Hall–Kier alpha value is -1.49. The van der Waals surface area contributed by atoms with Crippen LogP contribution in [0.5, 0.6) is 0 Å². The first-order valence-electron chi connectivity index (χ1n) is 5.56. The fourth-order valence-corrected chi connectivity index (χ4v) is 2.25. The minimum atomic E-state index is 0.582. The van der Waals surface area contributed by atoms with Gasteiger partial charge in [-0.2, -0.15) is 5.26 Å². The number of nitrogens with one attached hydrogen (secondary N) is 1. The smallest absolute Gasteiger partial charge is 0.0992 e. The van der Waals surface area contributed by atoms with Crippen molar-refractivity contribution in [2.45, 2.75) is 32.2 Å². The lowest BCUT2D eigenvalue weighted by atomic mass is 10.1. The Kier molecular flexibility index (Phi) is 2.91. The highest BCUT2D eigenvalue weighted by Crippen LogP contribution is 2.28. The van der Waals surface area contributed by atoms with Crippen LogP contribution in [-0.4, -0.2) is 6.04 Å². The van der Waals surface area contributed by atoms with Crippen LogP contribution in [-0.2, 0) is 0 Å². The van der Waals surface area contributed by atoms with Crippen molar-refractivity contribution >= 4 is 5.69 Å². The average Bonchev–Trinajstić information content (AvgIpc) is 2.65. The van der Waals surface area contributed by atoms with Crippen molar-refractivity contribution in [1.29, 1.82) is 5.26 Å². The van der Waals surface area contributed by atoms with Crippen molar-refractivity contribution < 1.29 is 0 Å². The zero-order valence-electron chi connectivity index (χ0n) is 9.03. The van der Waals surface area contributed by atoms with Gasteiger partial charge in [0.15, 0.2) is 0 Å². The number of hydrogen-bond donors (Lipinski definition) is 1. The Morgan fingerprint density at radius 3 is 2.93 bits per heavy atom. The zero-order chi connectivity index (χ0) is 10.7. The summed E-state index contributed by atoms with van der Waals surface area (Å²) in [6.45, 7) is 2.29. The predicted molar refractivity (Wildman–Crippen MR) is 61.6 cm³/mol. The molecule has 0 radical (unpaired) electrons. The maximum absolute atomic E-state index is 8.80. The van der Waals surface area contributed by atoms with Gasteiger partial charge in [0.25, 0.3) is 0 Å². The molecule has 2 rings (SSSR count). The van der Waals surface area contributed by atoms with Gasteiger partial charge in [-0.15, -0.1) is 0 Å². The fraction of sp³-hybridized carbons (Fsp3) is 0.462. The molecule has 2 nitrogen and oxygen atoms in total. The van der Waals surface area contributed by atoms with Gasteiger partial charge in [0.05, 0.1) is 11.6 Å². The summed E-state index contributed by atoms with van der Waals surface area (Å²) in [5, 5.41) is 12.3. The van der Waals surface area contributed by atoms with Crippen LogP contribution >= 0.6 is 0 Å². The molecule has 2 heteroatoms. The second kappa shape index (κ2) is 4.35. The summed E-state index contributed by atoms with van der Waals surface area (Å²) < 4.78 is 0. The second-order valence-corrected chi connectivity index (χ2v) is 4.35. The van der Waals surface area contributed by atoms with Crippen molar-refractivity contribution in [2.75, 3.05) is 5.32 Å². The lowest BCUT2D eigenvalue weighted by molar-refractivity contribution is 0.556. The van der Waals surface area contributed by atoms with Gasteiger partial charge in [0.2, 0.25) is 0 Å². The van der Waals surface area contributed by atoms with E-state index in [1.165, 1.54) is 19.3 Å². The van der Waals surface area contributed by atoms with E-state index in [0.717, 1.165) is 17.2 Å². The van der Waals surface area contributed by atoms with Crippen LogP contribution in [0.3, 0.4) is 0 Å². The standard InChI is InChI=1S/C13H16N2/c1-10-4-2-7-13(10)15-12-6-3-5-11(8-12)9-14/h3,5-6,8,10,13,15H,2,4,7H2,1H3. The summed E-state index contributed by atoms with van der Waals surface area (Å²) in [4.78, 5) is 0. The highest BCUT2D eigenvalue weighted by Gasteiger charge is 2.22. The van der Waals surface area contributed by atoms with E-state index in [9.17, 15) is 0 Å². The van der Waals surface area contributed by atoms with Gasteiger partial charge in [-0.3, -0.25) is 0 Å². The van der Waals surface area contributed by atoms with Crippen LogP contribution < -0.4 is 5.32 Å². The van der Waals surface area contributed by atoms with E-state index in [-0.39, 0.29) is 0 Å². The van der Waals surface area contributed by atoms with E-state index < -0.39 is 0 Å². The molecule has 2 unspecified atom stereocenters. The van der Waals surface area contributed by atoms with Crippen molar-refractivity contribution in [3.05, 3.63) is 29.8 Å². The maximum atomic E-state index is 8.80. The van der Waals surface area contributed by atoms with Gasteiger partial charge in [-0.1, -0.05) is 19.4 Å². The van der Waals surface area contributed by atoms with E-state index in [1.54, 1.807) is 0 Å². The largest absolute Gasteiger partial charge is 0.382 e. The molecule has 1 aromatic rings. The third-order valence-electron chi connectivity index (χ3n) is 3.21. The molecule has 1 fully saturated rings. The number of benzene rings is 1. The molecular formula is C13H16N2. The quantitative estimate of drug-likeness (QED) is 0.796. The lowest BCUT2D eigenvalue weighted by Gasteiger charge is -2.18. The molecule has 1 aromatic carbocycles. The molecule has 15 heavy (non-hydrogen) atoms. The molecule has 1 saturated carbocycles. The van der Waals surface area contributed by atoms with Crippen molar-refractivity contribution in [2.24, 2.45) is 5.92 Å². The third-order valence-corrected chi connectivity index (χ3v) is 3.21. The molecule has 0 heterocycles. The molecule has 0 aromatic heterocycles. The summed E-state index contributed by atoms with van der Waals surface area (Å²) in [6, 6.07) is 10.5. The van der Waals surface area contributed by atoms with E-state index in [0.29, 0.717) is 6.04 Å².